The molecule has 1 aromatic rings. The predicted molar refractivity (Wildman–Crippen MR) is 86.4 cm³/mol. The molecule has 2 fully saturated rings. The number of benzene rings is 1. The second-order valence-corrected chi connectivity index (χ2v) is 6.66. The standard InChI is InChI=1S/C18H26N2O2/c1-13-11-20(12-17(22-13)16-8-9-16)14(2)18(21)19-10-15-6-4-3-5-7-15/h3-7,13-14,16-17H,8-12H2,1-2H3,(H,19,21)/t13-,14-,17-/m1/s1. The maximum Gasteiger partial charge on any atom is 0.237 e. The van der Waals surface area contributed by atoms with Gasteiger partial charge in [0.05, 0.1) is 18.2 Å². The molecule has 0 aromatic heterocycles. The zero-order chi connectivity index (χ0) is 15.5. The van der Waals surface area contributed by atoms with Crippen LogP contribution in [0, 0.1) is 5.92 Å². The van der Waals surface area contributed by atoms with E-state index in [0.717, 1.165) is 18.7 Å². The molecule has 4 heteroatoms. The van der Waals surface area contributed by atoms with Crippen LogP contribution in [0.3, 0.4) is 0 Å². The Balaban J connectivity index is 1.53. The molecule has 120 valence electrons. The van der Waals surface area contributed by atoms with E-state index in [1.54, 1.807) is 0 Å². The molecule has 1 aromatic carbocycles. The number of ether oxygens (including phenoxy) is 1. The first-order valence-electron chi connectivity index (χ1n) is 8.34. The van der Waals surface area contributed by atoms with Gasteiger partial charge in [-0.05, 0) is 38.2 Å². The molecule has 1 saturated heterocycles. The second-order valence-electron chi connectivity index (χ2n) is 6.66. The first-order valence-corrected chi connectivity index (χ1v) is 8.34. The van der Waals surface area contributed by atoms with Gasteiger partial charge in [0.1, 0.15) is 0 Å². The third-order valence-corrected chi connectivity index (χ3v) is 4.70. The first-order chi connectivity index (χ1) is 10.6. The van der Waals surface area contributed by atoms with Gasteiger partial charge in [0.15, 0.2) is 0 Å². The molecule has 0 spiro atoms. The van der Waals surface area contributed by atoms with Crippen molar-refractivity contribution in [2.75, 3.05) is 13.1 Å². The number of hydrogen-bond acceptors (Lipinski definition) is 3. The van der Waals surface area contributed by atoms with Crippen LogP contribution < -0.4 is 5.32 Å². The highest BCUT2D eigenvalue weighted by atomic mass is 16.5. The van der Waals surface area contributed by atoms with E-state index >= 15 is 0 Å². The zero-order valence-corrected chi connectivity index (χ0v) is 13.5. The lowest BCUT2D eigenvalue weighted by Crippen LogP contribution is -2.54. The number of hydrogen-bond donors (Lipinski definition) is 1. The van der Waals surface area contributed by atoms with Crippen molar-refractivity contribution in [2.24, 2.45) is 5.92 Å². The van der Waals surface area contributed by atoms with Gasteiger partial charge in [0.2, 0.25) is 5.91 Å². The van der Waals surface area contributed by atoms with Crippen LogP contribution in [0.25, 0.3) is 0 Å². The van der Waals surface area contributed by atoms with Crippen molar-refractivity contribution >= 4 is 5.91 Å². The summed E-state index contributed by atoms with van der Waals surface area (Å²) in [6, 6.07) is 9.94. The maximum atomic E-state index is 12.4. The lowest BCUT2D eigenvalue weighted by Gasteiger charge is -2.39. The van der Waals surface area contributed by atoms with E-state index in [2.05, 4.69) is 17.1 Å². The SMILES string of the molecule is C[C@@H]1CN([C@H](C)C(=O)NCc2ccccc2)C[C@H](C2CC2)O1. The van der Waals surface area contributed by atoms with Gasteiger partial charge >= 0.3 is 0 Å². The van der Waals surface area contributed by atoms with Crippen molar-refractivity contribution in [2.45, 2.75) is 51.5 Å². The molecule has 1 saturated carbocycles. The Morgan fingerprint density at radius 2 is 2.05 bits per heavy atom. The van der Waals surface area contributed by atoms with E-state index in [9.17, 15) is 4.79 Å². The van der Waals surface area contributed by atoms with E-state index < -0.39 is 0 Å². The summed E-state index contributed by atoms with van der Waals surface area (Å²) in [6.07, 6.45) is 3.08. The Hall–Kier alpha value is -1.39. The van der Waals surface area contributed by atoms with Gasteiger partial charge in [0, 0.05) is 19.6 Å². The molecule has 3 atom stereocenters. The van der Waals surface area contributed by atoms with Gasteiger partial charge < -0.3 is 10.1 Å². The number of nitrogens with zero attached hydrogens (tertiary/aromatic N) is 1. The van der Waals surface area contributed by atoms with Gasteiger partial charge in [-0.25, -0.2) is 0 Å². The molecule has 0 unspecified atom stereocenters. The third-order valence-electron chi connectivity index (χ3n) is 4.70. The number of morpholine rings is 1. The zero-order valence-electron chi connectivity index (χ0n) is 13.5. The molecule has 1 heterocycles. The van der Waals surface area contributed by atoms with Crippen molar-refractivity contribution in [3.05, 3.63) is 35.9 Å². The lowest BCUT2D eigenvalue weighted by molar-refractivity contribution is -0.134. The molecular weight excluding hydrogens is 276 g/mol. The molecule has 22 heavy (non-hydrogen) atoms. The predicted octanol–water partition coefficient (Wildman–Crippen LogP) is 2.19. The summed E-state index contributed by atoms with van der Waals surface area (Å²) >= 11 is 0. The van der Waals surface area contributed by atoms with E-state index in [1.807, 2.05) is 37.3 Å². The van der Waals surface area contributed by atoms with Crippen LogP contribution >= 0.6 is 0 Å². The van der Waals surface area contributed by atoms with Crippen LogP contribution in [0.5, 0.6) is 0 Å². The minimum absolute atomic E-state index is 0.101. The van der Waals surface area contributed by atoms with Crippen LogP contribution in [0.1, 0.15) is 32.3 Å². The van der Waals surface area contributed by atoms with E-state index in [0.29, 0.717) is 18.6 Å². The van der Waals surface area contributed by atoms with E-state index in [-0.39, 0.29) is 18.1 Å². The lowest BCUT2D eigenvalue weighted by atomic mass is 10.1. The van der Waals surface area contributed by atoms with Crippen LogP contribution in [-0.2, 0) is 16.1 Å². The smallest absolute Gasteiger partial charge is 0.237 e. The highest BCUT2D eigenvalue weighted by Gasteiger charge is 2.39. The summed E-state index contributed by atoms with van der Waals surface area (Å²) in [5, 5.41) is 3.05. The fourth-order valence-corrected chi connectivity index (χ4v) is 3.16. The summed E-state index contributed by atoms with van der Waals surface area (Å²) in [4.78, 5) is 14.7. The van der Waals surface area contributed by atoms with Crippen molar-refractivity contribution < 1.29 is 9.53 Å². The third kappa shape index (κ3) is 3.87. The number of amides is 1. The highest BCUT2D eigenvalue weighted by Crippen LogP contribution is 2.36. The summed E-state index contributed by atoms with van der Waals surface area (Å²) in [5.41, 5.74) is 1.13. The number of rotatable bonds is 5. The largest absolute Gasteiger partial charge is 0.372 e. The van der Waals surface area contributed by atoms with Crippen molar-refractivity contribution in [3.63, 3.8) is 0 Å². The molecule has 3 rings (SSSR count). The number of nitrogens with one attached hydrogen (secondary N) is 1. The average Bonchev–Trinajstić information content (AvgIpc) is 3.37. The van der Waals surface area contributed by atoms with Crippen LogP contribution in [0.4, 0.5) is 0 Å². The normalized spacial score (nSPS) is 27.4. The Morgan fingerprint density at radius 3 is 2.73 bits per heavy atom. The molecule has 4 nitrogen and oxygen atoms in total. The topological polar surface area (TPSA) is 41.6 Å². The van der Waals surface area contributed by atoms with Crippen molar-refractivity contribution in [1.82, 2.24) is 10.2 Å². The Bertz CT molecular complexity index is 501. The van der Waals surface area contributed by atoms with Crippen LogP contribution in [-0.4, -0.2) is 42.1 Å². The summed E-state index contributed by atoms with van der Waals surface area (Å²) < 4.78 is 6.03. The van der Waals surface area contributed by atoms with Gasteiger partial charge in [-0.2, -0.15) is 0 Å². The Morgan fingerprint density at radius 1 is 1.32 bits per heavy atom. The fourth-order valence-electron chi connectivity index (χ4n) is 3.16. The number of carbonyl (C=O) groups is 1. The van der Waals surface area contributed by atoms with Crippen molar-refractivity contribution in [1.29, 1.82) is 0 Å². The molecule has 0 bridgehead atoms. The summed E-state index contributed by atoms with van der Waals surface area (Å²) in [7, 11) is 0. The van der Waals surface area contributed by atoms with Gasteiger partial charge in [-0.1, -0.05) is 30.3 Å². The van der Waals surface area contributed by atoms with E-state index in [1.165, 1.54) is 12.8 Å². The monoisotopic (exact) mass is 302 g/mol. The van der Waals surface area contributed by atoms with Gasteiger partial charge in [0.25, 0.3) is 0 Å². The minimum Gasteiger partial charge on any atom is -0.372 e. The summed E-state index contributed by atoms with van der Waals surface area (Å²) in [6.45, 7) is 6.42. The minimum atomic E-state index is -0.101. The number of carbonyl (C=O) groups excluding carboxylic acids is 1. The molecule has 1 aliphatic heterocycles. The maximum absolute atomic E-state index is 12.4. The summed E-state index contributed by atoms with van der Waals surface area (Å²) in [5.74, 6) is 0.817. The quantitative estimate of drug-likeness (QED) is 0.906. The molecule has 1 amide bonds. The molecule has 2 aliphatic rings. The first kappa shape index (κ1) is 15.5. The van der Waals surface area contributed by atoms with Gasteiger partial charge in [-0.3, -0.25) is 9.69 Å². The fraction of sp³-hybridized carbons (Fsp3) is 0.611. The Kier molecular flexibility index (Phi) is 4.79. The molecule has 1 aliphatic carbocycles. The molecular formula is C18H26N2O2. The molecule has 0 radical (unpaired) electrons. The highest BCUT2D eigenvalue weighted by molar-refractivity contribution is 5.81. The van der Waals surface area contributed by atoms with Crippen LogP contribution in [0.15, 0.2) is 30.3 Å². The van der Waals surface area contributed by atoms with Gasteiger partial charge in [-0.15, -0.1) is 0 Å². The average molecular weight is 302 g/mol. The second kappa shape index (κ2) is 6.80. The molecule has 1 N–H and O–H groups in total. The Labute approximate surface area is 132 Å². The van der Waals surface area contributed by atoms with E-state index in [4.69, 9.17) is 4.74 Å². The van der Waals surface area contributed by atoms with Crippen molar-refractivity contribution in [3.8, 4) is 0 Å². The van der Waals surface area contributed by atoms with Crippen LogP contribution in [0.2, 0.25) is 0 Å².